The summed E-state index contributed by atoms with van der Waals surface area (Å²) in [4.78, 5) is 0. The Hall–Kier alpha value is -1.28. The summed E-state index contributed by atoms with van der Waals surface area (Å²) in [5.41, 5.74) is 3.58. The smallest absolute Gasteiger partial charge is 0.115 e. The first kappa shape index (κ1) is 9.28. The maximum atomic E-state index is 9.43. The molecule has 74 valence electrons. The molecule has 2 heteroatoms. The van der Waals surface area contributed by atoms with Crippen molar-refractivity contribution in [1.82, 2.24) is 5.32 Å². The Morgan fingerprint density at radius 1 is 1.57 bits per heavy atom. The van der Waals surface area contributed by atoms with Crippen LogP contribution in [-0.2, 0) is 6.42 Å². The van der Waals surface area contributed by atoms with E-state index < -0.39 is 0 Å². The molecule has 2 rings (SSSR count). The van der Waals surface area contributed by atoms with Gasteiger partial charge in [-0.2, -0.15) is 0 Å². The van der Waals surface area contributed by atoms with Gasteiger partial charge in [0.25, 0.3) is 0 Å². The van der Waals surface area contributed by atoms with Gasteiger partial charge >= 0.3 is 0 Å². The molecule has 2 nitrogen and oxygen atoms in total. The Morgan fingerprint density at radius 3 is 3.07 bits per heavy atom. The molecule has 0 saturated carbocycles. The maximum Gasteiger partial charge on any atom is 0.115 e. The molecule has 1 atom stereocenters. The third kappa shape index (κ3) is 1.53. The van der Waals surface area contributed by atoms with Gasteiger partial charge in [-0.25, -0.2) is 0 Å². The van der Waals surface area contributed by atoms with Crippen LogP contribution in [0.3, 0.4) is 0 Å². The monoisotopic (exact) mass is 189 g/mol. The molecule has 0 saturated heterocycles. The minimum atomic E-state index is 0.200. The molecule has 1 heterocycles. The van der Waals surface area contributed by atoms with E-state index in [2.05, 4.69) is 11.9 Å². The summed E-state index contributed by atoms with van der Waals surface area (Å²) >= 11 is 0. The first-order chi connectivity index (χ1) is 6.68. The van der Waals surface area contributed by atoms with E-state index in [1.165, 1.54) is 11.1 Å². The molecule has 0 aliphatic carbocycles. The lowest BCUT2D eigenvalue weighted by Crippen LogP contribution is -2.30. The zero-order chi connectivity index (χ0) is 10.1. The highest BCUT2D eigenvalue weighted by molar-refractivity contribution is 5.41. The van der Waals surface area contributed by atoms with Gasteiger partial charge in [-0.3, -0.25) is 0 Å². The van der Waals surface area contributed by atoms with Crippen LogP contribution in [0.2, 0.25) is 0 Å². The zero-order valence-electron chi connectivity index (χ0n) is 8.38. The minimum absolute atomic E-state index is 0.200. The normalized spacial score (nSPS) is 20.2. The fourth-order valence-electron chi connectivity index (χ4n) is 1.98. The summed E-state index contributed by atoms with van der Waals surface area (Å²) in [5, 5.41) is 12.8. The second-order valence-corrected chi connectivity index (χ2v) is 3.87. The highest BCUT2D eigenvalue weighted by atomic mass is 16.3. The highest BCUT2D eigenvalue weighted by Crippen LogP contribution is 2.30. The molecular formula is C12H15NO. The summed E-state index contributed by atoms with van der Waals surface area (Å²) in [6.07, 6.45) is 1.03. The average Bonchev–Trinajstić information content (AvgIpc) is 2.16. The van der Waals surface area contributed by atoms with Crippen LogP contribution in [0.25, 0.3) is 0 Å². The number of hydrogen-bond donors (Lipinski definition) is 2. The van der Waals surface area contributed by atoms with Crippen LogP contribution >= 0.6 is 0 Å². The molecule has 0 spiro atoms. The third-order valence-electron chi connectivity index (χ3n) is 2.68. The van der Waals surface area contributed by atoms with E-state index in [0.29, 0.717) is 5.75 Å². The number of rotatable bonds is 1. The van der Waals surface area contributed by atoms with Crippen LogP contribution in [0.1, 0.15) is 24.1 Å². The van der Waals surface area contributed by atoms with E-state index in [9.17, 15) is 5.11 Å². The van der Waals surface area contributed by atoms with Gasteiger partial charge < -0.3 is 10.4 Å². The van der Waals surface area contributed by atoms with Crippen molar-refractivity contribution < 1.29 is 5.11 Å². The van der Waals surface area contributed by atoms with Gasteiger partial charge in [0.2, 0.25) is 0 Å². The molecule has 14 heavy (non-hydrogen) atoms. The molecule has 1 unspecified atom stereocenters. The molecule has 1 aliphatic heterocycles. The van der Waals surface area contributed by atoms with Gasteiger partial charge in [-0.1, -0.05) is 18.2 Å². The fourth-order valence-corrected chi connectivity index (χ4v) is 1.98. The summed E-state index contributed by atoms with van der Waals surface area (Å²) in [5.74, 6) is 0.332. The van der Waals surface area contributed by atoms with Gasteiger partial charge in [0.05, 0.1) is 6.04 Å². The number of aromatic hydroxyl groups is 1. The highest BCUT2D eigenvalue weighted by Gasteiger charge is 2.19. The number of phenolic OH excluding ortho intramolecular Hbond substituents is 1. The molecular weight excluding hydrogens is 174 g/mol. The lowest BCUT2D eigenvalue weighted by atomic mass is 9.91. The molecule has 0 fully saturated rings. The predicted octanol–water partition coefficient (Wildman–Crippen LogP) is 2.16. The van der Waals surface area contributed by atoms with Crippen molar-refractivity contribution in [3.8, 4) is 5.75 Å². The van der Waals surface area contributed by atoms with E-state index in [-0.39, 0.29) is 6.04 Å². The molecule has 1 aromatic carbocycles. The number of fused-ring (bicyclic) bond motifs is 1. The second kappa shape index (κ2) is 3.46. The van der Waals surface area contributed by atoms with Gasteiger partial charge in [-0.05, 0) is 36.6 Å². The van der Waals surface area contributed by atoms with Crippen molar-refractivity contribution in [2.45, 2.75) is 19.4 Å². The topological polar surface area (TPSA) is 32.3 Å². The van der Waals surface area contributed by atoms with E-state index in [1.54, 1.807) is 6.07 Å². The van der Waals surface area contributed by atoms with Crippen molar-refractivity contribution in [3.05, 3.63) is 41.5 Å². The SMILES string of the molecule is C=C(C)C1NCCc2ccc(O)cc21. The summed E-state index contributed by atoms with van der Waals surface area (Å²) in [7, 11) is 0. The Bertz CT molecular complexity index is 371. The fraction of sp³-hybridized carbons (Fsp3) is 0.333. The standard InChI is InChI=1S/C12H15NO/c1-8(2)12-11-7-10(14)4-3-9(11)5-6-13-12/h3-4,7,12-14H,1,5-6H2,2H3. The van der Waals surface area contributed by atoms with Crippen LogP contribution in [0, 0.1) is 0 Å². The van der Waals surface area contributed by atoms with E-state index >= 15 is 0 Å². The van der Waals surface area contributed by atoms with E-state index in [1.807, 2.05) is 19.1 Å². The maximum absolute atomic E-state index is 9.43. The molecule has 1 aromatic rings. The van der Waals surface area contributed by atoms with Crippen LogP contribution in [0.5, 0.6) is 5.75 Å². The van der Waals surface area contributed by atoms with Crippen molar-refractivity contribution in [1.29, 1.82) is 0 Å². The van der Waals surface area contributed by atoms with Gasteiger partial charge in [-0.15, -0.1) is 0 Å². The quantitative estimate of drug-likeness (QED) is 0.663. The number of hydrogen-bond acceptors (Lipinski definition) is 2. The van der Waals surface area contributed by atoms with Crippen LogP contribution in [-0.4, -0.2) is 11.7 Å². The second-order valence-electron chi connectivity index (χ2n) is 3.87. The minimum Gasteiger partial charge on any atom is -0.508 e. The van der Waals surface area contributed by atoms with Crippen molar-refractivity contribution in [3.63, 3.8) is 0 Å². The van der Waals surface area contributed by atoms with Crippen molar-refractivity contribution in [2.75, 3.05) is 6.54 Å². The largest absolute Gasteiger partial charge is 0.508 e. The van der Waals surface area contributed by atoms with E-state index in [4.69, 9.17) is 0 Å². The average molecular weight is 189 g/mol. The zero-order valence-corrected chi connectivity index (χ0v) is 8.38. The molecule has 0 bridgehead atoms. The summed E-state index contributed by atoms with van der Waals surface area (Å²) in [6.45, 7) is 6.96. The lowest BCUT2D eigenvalue weighted by molar-refractivity contribution is 0.470. The van der Waals surface area contributed by atoms with Crippen LogP contribution < -0.4 is 5.32 Å². The summed E-state index contributed by atoms with van der Waals surface area (Å²) < 4.78 is 0. The molecule has 0 radical (unpaired) electrons. The van der Waals surface area contributed by atoms with Crippen LogP contribution in [0.15, 0.2) is 30.4 Å². The molecule has 0 aromatic heterocycles. The molecule has 2 N–H and O–H groups in total. The summed E-state index contributed by atoms with van der Waals surface area (Å²) in [6, 6.07) is 5.79. The number of phenols is 1. The van der Waals surface area contributed by atoms with Gasteiger partial charge in [0.1, 0.15) is 5.75 Å². The number of nitrogens with one attached hydrogen (secondary N) is 1. The first-order valence-corrected chi connectivity index (χ1v) is 4.89. The van der Waals surface area contributed by atoms with E-state index in [0.717, 1.165) is 18.5 Å². The van der Waals surface area contributed by atoms with Crippen LogP contribution in [0.4, 0.5) is 0 Å². The van der Waals surface area contributed by atoms with Gasteiger partial charge in [0.15, 0.2) is 0 Å². The van der Waals surface area contributed by atoms with Crippen molar-refractivity contribution >= 4 is 0 Å². The lowest BCUT2D eigenvalue weighted by Gasteiger charge is -2.27. The Balaban J connectivity index is 2.46. The van der Waals surface area contributed by atoms with Crippen molar-refractivity contribution in [2.24, 2.45) is 0 Å². The van der Waals surface area contributed by atoms with Gasteiger partial charge in [0, 0.05) is 6.54 Å². The predicted molar refractivity (Wildman–Crippen MR) is 57.4 cm³/mol. The molecule has 0 amide bonds. The Morgan fingerprint density at radius 2 is 2.36 bits per heavy atom. The molecule has 1 aliphatic rings. The third-order valence-corrected chi connectivity index (χ3v) is 2.68. The Kier molecular flexibility index (Phi) is 2.30. The first-order valence-electron chi connectivity index (χ1n) is 4.89. The Labute approximate surface area is 84.3 Å². The number of benzene rings is 1.